The highest BCUT2D eigenvalue weighted by molar-refractivity contribution is 7.80. The Morgan fingerprint density at radius 3 is 2.86 bits per heavy atom. The molecule has 1 atom stereocenters. The minimum atomic E-state index is -0.359. The fraction of sp³-hybridized carbons (Fsp3) is 0.474. The number of anilines is 1. The molecule has 0 radical (unpaired) electrons. The number of amides is 1. The lowest BCUT2D eigenvalue weighted by Crippen LogP contribution is -2.35. The maximum Gasteiger partial charge on any atom is 0.341 e. The van der Waals surface area contributed by atoms with Crippen LogP contribution in [0, 0.1) is 5.92 Å². The number of hydrogen-bond acceptors (Lipinski definition) is 6. The van der Waals surface area contributed by atoms with Crippen molar-refractivity contribution in [2.75, 3.05) is 11.9 Å². The highest BCUT2D eigenvalue weighted by Crippen LogP contribution is 2.40. The van der Waals surface area contributed by atoms with Gasteiger partial charge in [-0.25, -0.2) is 4.79 Å². The van der Waals surface area contributed by atoms with Crippen molar-refractivity contribution in [2.45, 2.75) is 39.5 Å². The van der Waals surface area contributed by atoms with Crippen molar-refractivity contribution in [2.24, 2.45) is 13.0 Å². The van der Waals surface area contributed by atoms with Gasteiger partial charge in [-0.2, -0.15) is 5.10 Å². The summed E-state index contributed by atoms with van der Waals surface area (Å²) in [7, 11) is 1.68. The van der Waals surface area contributed by atoms with Gasteiger partial charge in [-0.05, 0) is 56.0 Å². The average Bonchev–Trinajstić information content (AvgIpc) is 3.23. The van der Waals surface area contributed by atoms with Crippen molar-refractivity contribution in [3.8, 4) is 0 Å². The van der Waals surface area contributed by atoms with Crippen LogP contribution in [-0.4, -0.2) is 33.4 Å². The highest BCUT2D eigenvalue weighted by Gasteiger charge is 2.29. The number of fused-ring (bicyclic) bond motifs is 1. The summed E-state index contributed by atoms with van der Waals surface area (Å²) in [6.07, 6.45) is 5.54. The Kier molecular flexibility index (Phi) is 6.46. The predicted octanol–water partition coefficient (Wildman–Crippen LogP) is 3.30. The monoisotopic (exact) mass is 420 g/mol. The molecule has 0 saturated heterocycles. The molecule has 9 heteroatoms. The molecule has 2 N–H and O–H groups in total. The molecule has 3 rings (SSSR count). The van der Waals surface area contributed by atoms with Crippen molar-refractivity contribution in [3.05, 3.63) is 34.0 Å². The molecule has 0 saturated carbocycles. The topological polar surface area (TPSA) is 85.2 Å². The Bertz CT molecular complexity index is 903. The molecule has 0 fully saturated rings. The molecule has 0 aliphatic heterocycles. The van der Waals surface area contributed by atoms with E-state index in [0.717, 1.165) is 31.2 Å². The molecule has 0 spiro atoms. The fourth-order valence-corrected chi connectivity index (χ4v) is 5.02. The van der Waals surface area contributed by atoms with Gasteiger partial charge in [-0.15, -0.1) is 11.3 Å². The second-order valence-electron chi connectivity index (χ2n) is 6.69. The number of aryl methyl sites for hydroxylation is 1. The molecular weight excluding hydrogens is 396 g/mol. The van der Waals surface area contributed by atoms with E-state index in [2.05, 4.69) is 22.7 Å². The molecule has 0 aromatic carbocycles. The number of aromatic nitrogens is 2. The lowest BCUT2D eigenvalue weighted by Gasteiger charge is -2.21. The van der Waals surface area contributed by atoms with Crippen molar-refractivity contribution in [1.82, 2.24) is 15.1 Å². The summed E-state index contributed by atoms with van der Waals surface area (Å²) in [5, 5.41) is 10.4. The van der Waals surface area contributed by atoms with Crippen LogP contribution in [0.25, 0.3) is 0 Å². The third-order valence-corrected chi connectivity index (χ3v) is 6.31. The number of nitrogens with one attached hydrogen (secondary N) is 2. The first-order chi connectivity index (χ1) is 13.4. The predicted molar refractivity (Wildman–Crippen MR) is 113 cm³/mol. The summed E-state index contributed by atoms with van der Waals surface area (Å²) in [5.41, 5.74) is 2.00. The minimum Gasteiger partial charge on any atom is -0.462 e. The molecule has 28 heavy (non-hydrogen) atoms. The van der Waals surface area contributed by atoms with E-state index in [9.17, 15) is 9.59 Å². The first kappa shape index (κ1) is 20.5. The fourth-order valence-electron chi connectivity index (χ4n) is 3.41. The van der Waals surface area contributed by atoms with Crippen LogP contribution in [0.4, 0.5) is 5.00 Å². The molecule has 0 unspecified atom stereocenters. The second-order valence-corrected chi connectivity index (χ2v) is 8.21. The van der Waals surface area contributed by atoms with Gasteiger partial charge in [0.2, 0.25) is 0 Å². The van der Waals surface area contributed by atoms with E-state index in [1.807, 2.05) is 0 Å². The van der Waals surface area contributed by atoms with Gasteiger partial charge in [-0.3, -0.25) is 14.8 Å². The Morgan fingerprint density at radius 2 is 2.21 bits per heavy atom. The molecule has 7 nitrogen and oxygen atoms in total. The summed E-state index contributed by atoms with van der Waals surface area (Å²) in [6.45, 7) is 4.29. The lowest BCUT2D eigenvalue weighted by molar-refractivity contribution is 0.0526. The zero-order valence-corrected chi connectivity index (χ0v) is 17.8. The van der Waals surface area contributed by atoms with Crippen LogP contribution in [0.2, 0.25) is 0 Å². The van der Waals surface area contributed by atoms with Crippen LogP contribution in [-0.2, 0) is 24.6 Å². The smallest absolute Gasteiger partial charge is 0.341 e. The van der Waals surface area contributed by atoms with Gasteiger partial charge in [0, 0.05) is 18.1 Å². The van der Waals surface area contributed by atoms with Gasteiger partial charge < -0.3 is 10.1 Å². The Morgan fingerprint density at radius 1 is 1.43 bits per heavy atom. The van der Waals surface area contributed by atoms with Crippen molar-refractivity contribution < 1.29 is 14.3 Å². The van der Waals surface area contributed by atoms with Crippen LogP contribution in [0.5, 0.6) is 0 Å². The third kappa shape index (κ3) is 4.25. The molecule has 2 aromatic rings. The molecular formula is C19H24N4O3S2. The van der Waals surface area contributed by atoms with Crippen LogP contribution >= 0.6 is 23.6 Å². The summed E-state index contributed by atoms with van der Waals surface area (Å²) in [6, 6.07) is 1.61. The number of carbonyl (C=O) groups excluding carboxylic acids is 2. The summed E-state index contributed by atoms with van der Waals surface area (Å²) in [4.78, 5) is 26.1. The maximum absolute atomic E-state index is 12.6. The van der Waals surface area contributed by atoms with E-state index >= 15 is 0 Å². The first-order valence-electron chi connectivity index (χ1n) is 9.36. The van der Waals surface area contributed by atoms with Crippen LogP contribution < -0.4 is 10.6 Å². The first-order valence-corrected chi connectivity index (χ1v) is 10.6. The SMILES string of the molecule is CCOC(=O)c1c(NC(=S)NC(=O)c2ccnn2C)sc2c1CC[C@H](CC)C2. The van der Waals surface area contributed by atoms with Gasteiger partial charge in [0.15, 0.2) is 5.11 Å². The van der Waals surface area contributed by atoms with E-state index in [4.69, 9.17) is 17.0 Å². The maximum atomic E-state index is 12.6. The van der Waals surface area contributed by atoms with Crippen molar-refractivity contribution in [3.63, 3.8) is 0 Å². The lowest BCUT2D eigenvalue weighted by atomic mass is 9.86. The van der Waals surface area contributed by atoms with Crippen LogP contribution in [0.3, 0.4) is 0 Å². The van der Waals surface area contributed by atoms with Crippen LogP contribution in [0.1, 0.15) is 58.0 Å². The summed E-state index contributed by atoms with van der Waals surface area (Å²) < 4.78 is 6.74. The van der Waals surface area contributed by atoms with E-state index < -0.39 is 0 Å². The van der Waals surface area contributed by atoms with E-state index in [1.54, 1.807) is 26.2 Å². The summed E-state index contributed by atoms with van der Waals surface area (Å²) in [5.74, 6) is -0.0775. The standard InChI is InChI=1S/C19H24N4O3S2/c1-4-11-6-7-12-14(10-11)28-17(15(12)18(25)26-5-2)22-19(27)21-16(24)13-8-9-20-23(13)3/h8-9,11H,4-7,10H2,1-3H3,(H2,21,22,24,27)/t11-/m0/s1. The summed E-state index contributed by atoms with van der Waals surface area (Å²) >= 11 is 6.83. The molecule has 1 amide bonds. The van der Waals surface area contributed by atoms with Gasteiger partial charge in [0.05, 0.1) is 12.2 Å². The Balaban J connectivity index is 1.81. The van der Waals surface area contributed by atoms with Crippen LogP contribution in [0.15, 0.2) is 12.3 Å². The molecule has 1 aliphatic rings. The minimum absolute atomic E-state index is 0.141. The van der Waals surface area contributed by atoms with Gasteiger partial charge in [0.25, 0.3) is 5.91 Å². The molecule has 150 valence electrons. The Labute approximate surface area is 173 Å². The zero-order chi connectivity index (χ0) is 20.3. The Hall–Kier alpha value is -2.26. The van der Waals surface area contributed by atoms with E-state index in [-0.39, 0.29) is 17.0 Å². The number of rotatable bonds is 5. The van der Waals surface area contributed by atoms with E-state index in [0.29, 0.717) is 28.8 Å². The van der Waals surface area contributed by atoms with E-state index in [1.165, 1.54) is 20.9 Å². The zero-order valence-electron chi connectivity index (χ0n) is 16.2. The second kappa shape index (κ2) is 8.83. The quantitative estimate of drug-likeness (QED) is 0.570. The molecule has 1 aliphatic carbocycles. The molecule has 0 bridgehead atoms. The van der Waals surface area contributed by atoms with Gasteiger partial charge in [0.1, 0.15) is 10.7 Å². The number of ether oxygens (including phenoxy) is 1. The number of esters is 1. The number of carbonyl (C=O) groups is 2. The number of thiocarbonyl (C=S) groups is 1. The average molecular weight is 421 g/mol. The highest BCUT2D eigenvalue weighted by atomic mass is 32.1. The largest absolute Gasteiger partial charge is 0.462 e. The van der Waals surface area contributed by atoms with Gasteiger partial charge >= 0.3 is 5.97 Å². The number of nitrogens with zero attached hydrogens (tertiary/aromatic N) is 2. The normalized spacial score (nSPS) is 15.6. The van der Waals surface area contributed by atoms with Crippen molar-refractivity contribution >= 4 is 45.5 Å². The third-order valence-electron chi connectivity index (χ3n) is 4.93. The van der Waals surface area contributed by atoms with Gasteiger partial charge in [-0.1, -0.05) is 13.3 Å². The molecule has 2 heterocycles. The number of hydrogen-bond donors (Lipinski definition) is 2. The molecule has 2 aromatic heterocycles. The number of thiophene rings is 1. The van der Waals surface area contributed by atoms with Crippen molar-refractivity contribution in [1.29, 1.82) is 0 Å².